The number of benzene rings is 1. The van der Waals surface area contributed by atoms with Crippen molar-refractivity contribution in [2.45, 2.75) is 20.3 Å². The third-order valence-electron chi connectivity index (χ3n) is 2.48. The first-order valence-electron chi connectivity index (χ1n) is 4.77. The summed E-state index contributed by atoms with van der Waals surface area (Å²) in [6.45, 7) is 4.20. The zero-order valence-corrected chi connectivity index (χ0v) is 9.10. The first-order valence-corrected chi connectivity index (χ1v) is 5.15. The second-order valence-electron chi connectivity index (χ2n) is 3.43. The van der Waals surface area contributed by atoms with Crippen molar-refractivity contribution in [3.63, 3.8) is 0 Å². The van der Waals surface area contributed by atoms with Crippen LogP contribution in [0.2, 0.25) is 5.15 Å². The third-order valence-corrected chi connectivity index (χ3v) is 2.67. The molecule has 0 fully saturated rings. The van der Waals surface area contributed by atoms with Gasteiger partial charge in [0.15, 0.2) is 0 Å². The summed E-state index contributed by atoms with van der Waals surface area (Å²) in [6.07, 6.45) is 0.990. The van der Waals surface area contributed by atoms with E-state index in [0.29, 0.717) is 5.15 Å². The smallest absolute Gasteiger partial charge is 0.130 e. The van der Waals surface area contributed by atoms with Crippen LogP contribution in [0.4, 0.5) is 0 Å². The lowest BCUT2D eigenvalue weighted by Gasteiger charge is -2.06. The maximum atomic E-state index is 5.94. The van der Waals surface area contributed by atoms with Gasteiger partial charge >= 0.3 is 0 Å². The van der Waals surface area contributed by atoms with Gasteiger partial charge in [0.2, 0.25) is 0 Å². The van der Waals surface area contributed by atoms with E-state index in [1.165, 1.54) is 16.5 Å². The fourth-order valence-corrected chi connectivity index (χ4v) is 1.97. The molecule has 1 nitrogen and oxygen atoms in total. The van der Waals surface area contributed by atoms with E-state index in [9.17, 15) is 0 Å². The van der Waals surface area contributed by atoms with E-state index in [-0.39, 0.29) is 0 Å². The van der Waals surface area contributed by atoms with Gasteiger partial charge in [-0.05, 0) is 30.5 Å². The largest absolute Gasteiger partial charge is 0.236 e. The molecule has 1 aromatic carbocycles. The van der Waals surface area contributed by atoms with Gasteiger partial charge in [-0.3, -0.25) is 0 Å². The molecule has 2 aromatic rings. The van der Waals surface area contributed by atoms with E-state index in [0.717, 1.165) is 11.9 Å². The fourth-order valence-electron chi connectivity index (χ4n) is 1.72. The lowest BCUT2D eigenvalue weighted by molar-refractivity contribution is 1.14. The van der Waals surface area contributed by atoms with Gasteiger partial charge in [0.05, 0.1) is 5.52 Å². The predicted molar refractivity (Wildman–Crippen MR) is 60.9 cm³/mol. The summed E-state index contributed by atoms with van der Waals surface area (Å²) in [5.74, 6) is 0. The minimum atomic E-state index is 0.580. The van der Waals surface area contributed by atoms with Crippen LogP contribution in [0.5, 0.6) is 0 Å². The Bertz CT molecular complexity index is 477. The molecule has 1 aromatic heterocycles. The number of nitrogens with zero attached hydrogens (tertiary/aromatic N) is 1. The Morgan fingerprint density at radius 3 is 2.86 bits per heavy atom. The first kappa shape index (κ1) is 9.47. The molecule has 0 N–H and O–H groups in total. The van der Waals surface area contributed by atoms with Crippen molar-refractivity contribution in [1.29, 1.82) is 0 Å². The molecule has 0 aliphatic heterocycles. The Morgan fingerprint density at radius 1 is 1.36 bits per heavy atom. The highest BCUT2D eigenvalue weighted by Crippen LogP contribution is 2.23. The Kier molecular flexibility index (Phi) is 2.42. The molecule has 0 radical (unpaired) electrons. The second kappa shape index (κ2) is 3.58. The number of rotatable bonds is 1. The molecule has 0 bridgehead atoms. The number of pyridine rings is 1. The Morgan fingerprint density at radius 2 is 2.14 bits per heavy atom. The Hall–Kier alpha value is -1.08. The third kappa shape index (κ3) is 1.48. The van der Waals surface area contributed by atoms with Crippen LogP contribution in [-0.2, 0) is 6.42 Å². The maximum absolute atomic E-state index is 5.94. The SMILES string of the molecule is CCc1cccc2c(C)cc(Cl)nc12. The second-order valence-corrected chi connectivity index (χ2v) is 3.82. The lowest BCUT2D eigenvalue weighted by Crippen LogP contribution is -1.89. The highest BCUT2D eigenvalue weighted by atomic mass is 35.5. The van der Waals surface area contributed by atoms with Gasteiger partial charge in [0, 0.05) is 5.39 Å². The van der Waals surface area contributed by atoms with Gasteiger partial charge in [-0.15, -0.1) is 0 Å². The van der Waals surface area contributed by atoms with Crippen LogP contribution in [0.1, 0.15) is 18.1 Å². The van der Waals surface area contributed by atoms with Crippen LogP contribution in [0.3, 0.4) is 0 Å². The maximum Gasteiger partial charge on any atom is 0.130 e. The zero-order valence-electron chi connectivity index (χ0n) is 8.34. The summed E-state index contributed by atoms with van der Waals surface area (Å²) >= 11 is 5.94. The number of aryl methyl sites for hydroxylation is 2. The summed E-state index contributed by atoms with van der Waals surface area (Å²) in [5, 5.41) is 1.78. The quantitative estimate of drug-likeness (QED) is 0.646. The van der Waals surface area contributed by atoms with Gasteiger partial charge in [0.25, 0.3) is 0 Å². The van der Waals surface area contributed by atoms with Gasteiger partial charge in [-0.1, -0.05) is 36.7 Å². The molecule has 0 aliphatic carbocycles. The number of hydrogen-bond donors (Lipinski definition) is 0. The van der Waals surface area contributed by atoms with Crippen LogP contribution < -0.4 is 0 Å². The topological polar surface area (TPSA) is 12.9 Å². The molecule has 14 heavy (non-hydrogen) atoms. The zero-order chi connectivity index (χ0) is 10.1. The summed E-state index contributed by atoms with van der Waals surface area (Å²) in [6, 6.07) is 8.17. The molecule has 1 heterocycles. The van der Waals surface area contributed by atoms with Crippen molar-refractivity contribution in [3.05, 3.63) is 40.5 Å². The van der Waals surface area contributed by atoms with E-state index < -0.39 is 0 Å². The van der Waals surface area contributed by atoms with Crippen LogP contribution in [-0.4, -0.2) is 4.98 Å². The summed E-state index contributed by atoms with van der Waals surface area (Å²) in [7, 11) is 0. The number of halogens is 1. The van der Waals surface area contributed by atoms with Crippen molar-refractivity contribution in [1.82, 2.24) is 4.98 Å². The molecular formula is C12H12ClN. The van der Waals surface area contributed by atoms with Crippen LogP contribution >= 0.6 is 11.6 Å². The molecular weight excluding hydrogens is 194 g/mol. The van der Waals surface area contributed by atoms with E-state index >= 15 is 0 Å². The number of fused-ring (bicyclic) bond motifs is 1. The highest BCUT2D eigenvalue weighted by molar-refractivity contribution is 6.30. The van der Waals surface area contributed by atoms with E-state index in [1.807, 2.05) is 6.07 Å². The number of aromatic nitrogens is 1. The molecule has 2 heteroatoms. The minimum absolute atomic E-state index is 0.580. The molecule has 0 amide bonds. The molecule has 72 valence electrons. The summed E-state index contributed by atoms with van der Waals surface area (Å²) in [4.78, 5) is 4.37. The first-order chi connectivity index (χ1) is 6.72. The average Bonchev–Trinajstić information content (AvgIpc) is 2.17. The van der Waals surface area contributed by atoms with Crippen molar-refractivity contribution < 1.29 is 0 Å². The normalized spacial score (nSPS) is 10.8. The summed E-state index contributed by atoms with van der Waals surface area (Å²) in [5.41, 5.74) is 3.49. The van der Waals surface area contributed by atoms with E-state index in [4.69, 9.17) is 11.6 Å². The summed E-state index contributed by atoms with van der Waals surface area (Å²) < 4.78 is 0. The molecule has 0 saturated heterocycles. The molecule has 0 saturated carbocycles. The van der Waals surface area contributed by atoms with Gasteiger partial charge < -0.3 is 0 Å². The lowest BCUT2D eigenvalue weighted by atomic mass is 10.0. The minimum Gasteiger partial charge on any atom is -0.236 e. The molecule has 0 unspecified atom stereocenters. The predicted octanol–water partition coefficient (Wildman–Crippen LogP) is 3.76. The van der Waals surface area contributed by atoms with E-state index in [2.05, 4.69) is 37.0 Å². The van der Waals surface area contributed by atoms with E-state index in [1.54, 1.807) is 0 Å². The van der Waals surface area contributed by atoms with Gasteiger partial charge in [-0.25, -0.2) is 4.98 Å². The number of para-hydroxylation sites is 1. The van der Waals surface area contributed by atoms with Crippen molar-refractivity contribution in [3.8, 4) is 0 Å². The van der Waals surface area contributed by atoms with Crippen LogP contribution in [0.15, 0.2) is 24.3 Å². The highest BCUT2D eigenvalue weighted by Gasteiger charge is 2.04. The van der Waals surface area contributed by atoms with Crippen LogP contribution in [0.25, 0.3) is 10.9 Å². The molecule has 2 rings (SSSR count). The average molecular weight is 206 g/mol. The number of hydrogen-bond acceptors (Lipinski definition) is 1. The van der Waals surface area contributed by atoms with Crippen LogP contribution in [0, 0.1) is 6.92 Å². The fraction of sp³-hybridized carbons (Fsp3) is 0.250. The van der Waals surface area contributed by atoms with Crippen molar-refractivity contribution in [2.75, 3.05) is 0 Å². The Balaban J connectivity index is 2.86. The van der Waals surface area contributed by atoms with Gasteiger partial charge in [-0.2, -0.15) is 0 Å². The Labute approximate surface area is 88.7 Å². The van der Waals surface area contributed by atoms with Gasteiger partial charge in [0.1, 0.15) is 5.15 Å². The standard InChI is InChI=1S/C12H12ClN/c1-3-9-5-4-6-10-8(2)7-11(13)14-12(9)10/h4-7H,3H2,1-2H3. The molecule has 0 atom stereocenters. The molecule has 0 spiro atoms. The monoisotopic (exact) mass is 205 g/mol. The van der Waals surface area contributed by atoms with Crippen molar-refractivity contribution >= 4 is 22.5 Å². The molecule has 0 aliphatic rings. The van der Waals surface area contributed by atoms with Crippen molar-refractivity contribution in [2.24, 2.45) is 0 Å².